The van der Waals surface area contributed by atoms with Crippen LogP contribution >= 0.6 is 34.7 Å². The lowest BCUT2D eigenvalue weighted by atomic mass is 10.1. The molecule has 1 amide bonds. The van der Waals surface area contributed by atoms with Crippen molar-refractivity contribution in [3.8, 4) is 0 Å². The molecular weight excluding hydrogens is 440 g/mol. The van der Waals surface area contributed by atoms with Crippen molar-refractivity contribution < 1.29 is 9.59 Å². The number of anilines is 2. The third-order valence-corrected chi connectivity index (χ3v) is 6.69. The van der Waals surface area contributed by atoms with Crippen LogP contribution in [0, 0.1) is 6.92 Å². The second-order valence-corrected chi connectivity index (χ2v) is 9.16. The molecule has 9 heteroatoms. The summed E-state index contributed by atoms with van der Waals surface area (Å²) in [5, 5.41) is 15.6. The zero-order valence-electron chi connectivity index (χ0n) is 16.6. The normalized spacial score (nSPS) is 10.6. The summed E-state index contributed by atoms with van der Waals surface area (Å²) in [6.45, 7) is 4.01. The van der Waals surface area contributed by atoms with E-state index < -0.39 is 0 Å². The van der Waals surface area contributed by atoms with E-state index in [1.807, 2.05) is 49.4 Å². The van der Waals surface area contributed by atoms with Crippen molar-refractivity contribution in [2.75, 3.05) is 17.6 Å². The minimum Gasteiger partial charge on any atom is -0.356 e. The highest BCUT2D eigenvalue weighted by molar-refractivity contribution is 8.01. The van der Waals surface area contributed by atoms with E-state index in [-0.39, 0.29) is 17.4 Å². The summed E-state index contributed by atoms with van der Waals surface area (Å²) in [6.07, 6.45) is 0.732. The minimum atomic E-state index is -0.0449. The van der Waals surface area contributed by atoms with E-state index in [1.54, 1.807) is 0 Å². The van der Waals surface area contributed by atoms with Gasteiger partial charge in [-0.3, -0.25) is 9.59 Å². The molecule has 1 aromatic heterocycles. The number of halogens is 1. The first-order chi connectivity index (χ1) is 14.4. The molecule has 6 nitrogen and oxygen atoms in total. The van der Waals surface area contributed by atoms with Gasteiger partial charge in [-0.25, -0.2) is 0 Å². The highest BCUT2D eigenvalue weighted by Crippen LogP contribution is 2.31. The molecule has 1 heterocycles. The highest BCUT2D eigenvalue weighted by Gasteiger charge is 2.11. The van der Waals surface area contributed by atoms with E-state index in [0.717, 1.165) is 27.6 Å². The molecule has 3 aromatic rings. The van der Waals surface area contributed by atoms with Crippen LogP contribution in [0.25, 0.3) is 0 Å². The van der Waals surface area contributed by atoms with Gasteiger partial charge in [-0.1, -0.05) is 65.0 Å². The van der Waals surface area contributed by atoms with E-state index in [0.29, 0.717) is 22.3 Å². The Morgan fingerprint density at radius 2 is 1.90 bits per heavy atom. The van der Waals surface area contributed by atoms with Crippen LogP contribution in [0.4, 0.5) is 10.8 Å². The molecule has 0 aliphatic carbocycles. The highest BCUT2D eigenvalue weighted by atomic mass is 35.5. The molecule has 0 saturated carbocycles. The largest absolute Gasteiger partial charge is 0.356 e. The van der Waals surface area contributed by atoms with Gasteiger partial charge in [0.25, 0.3) is 0 Å². The van der Waals surface area contributed by atoms with Crippen LogP contribution in [-0.2, 0) is 11.2 Å². The summed E-state index contributed by atoms with van der Waals surface area (Å²) in [6, 6.07) is 13.1. The van der Waals surface area contributed by atoms with Gasteiger partial charge in [-0.05, 0) is 36.6 Å². The summed E-state index contributed by atoms with van der Waals surface area (Å²) >= 11 is 8.90. The molecule has 0 fully saturated rings. The van der Waals surface area contributed by atoms with Crippen LogP contribution in [0.2, 0.25) is 5.02 Å². The van der Waals surface area contributed by atoms with Crippen molar-refractivity contribution >= 4 is 57.2 Å². The number of benzene rings is 2. The molecule has 3 rings (SSSR count). The summed E-state index contributed by atoms with van der Waals surface area (Å²) in [5.74, 6) is 0.274. The van der Waals surface area contributed by atoms with Crippen molar-refractivity contribution in [2.24, 2.45) is 0 Å². The summed E-state index contributed by atoms with van der Waals surface area (Å²) in [5.41, 5.74) is 3.55. The minimum absolute atomic E-state index is 0.0313. The fourth-order valence-corrected chi connectivity index (χ4v) is 4.46. The van der Waals surface area contributed by atoms with Crippen LogP contribution < -0.4 is 10.6 Å². The average Bonchev–Trinajstić information content (AvgIpc) is 3.17. The lowest BCUT2D eigenvalue weighted by Gasteiger charge is -2.06. The first-order valence-electron chi connectivity index (χ1n) is 9.27. The number of ketones is 1. The molecule has 0 saturated heterocycles. The second-order valence-electron chi connectivity index (χ2n) is 6.55. The standard InChI is InChI=1S/C21H21ClN4O2S2/c1-13-17(22)4-3-5-18(13)24-20-25-26-21(30-20)29-12-19(28)16-8-6-15(7-9-16)10-11-23-14(2)27/h3-9H,10-12H2,1-2H3,(H,23,27)(H,24,25). The van der Waals surface area contributed by atoms with Gasteiger partial charge in [0.1, 0.15) is 0 Å². The monoisotopic (exact) mass is 460 g/mol. The van der Waals surface area contributed by atoms with Crippen molar-refractivity contribution in [1.29, 1.82) is 0 Å². The number of carbonyl (C=O) groups excluding carboxylic acids is 2. The van der Waals surface area contributed by atoms with E-state index in [1.165, 1.54) is 30.0 Å². The Labute approximate surface area is 188 Å². The summed E-state index contributed by atoms with van der Waals surface area (Å²) < 4.78 is 0.720. The van der Waals surface area contributed by atoms with Gasteiger partial charge in [0, 0.05) is 29.7 Å². The van der Waals surface area contributed by atoms with Gasteiger partial charge < -0.3 is 10.6 Å². The number of thioether (sulfide) groups is 1. The predicted octanol–water partition coefficient (Wildman–Crippen LogP) is 4.90. The Morgan fingerprint density at radius 1 is 1.13 bits per heavy atom. The van der Waals surface area contributed by atoms with Gasteiger partial charge in [0.15, 0.2) is 10.1 Å². The van der Waals surface area contributed by atoms with Gasteiger partial charge in [-0.2, -0.15) is 0 Å². The molecule has 0 aliphatic heterocycles. The van der Waals surface area contributed by atoms with Crippen molar-refractivity contribution in [3.63, 3.8) is 0 Å². The van der Waals surface area contributed by atoms with Gasteiger partial charge >= 0.3 is 0 Å². The number of amides is 1. The van der Waals surface area contributed by atoms with Crippen LogP contribution in [0.5, 0.6) is 0 Å². The predicted molar refractivity (Wildman–Crippen MR) is 123 cm³/mol. The number of hydrogen-bond acceptors (Lipinski definition) is 7. The van der Waals surface area contributed by atoms with Gasteiger partial charge in [0.05, 0.1) is 5.75 Å². The van der Waals surface area contributed by atoms with E-state index in [9.17, 15) is 9.59 Å². The number of aromatic nitrogens is 2. The molecule has 0 unspecified atom stereocenters. The fraction of sp³-hybridized carbons (Fsp3) is 0.238. The van der Waals surface area contributed by atoms with Crippen molar-refractivity contribution in [1.82, 2.24) is 15.5 Å². The zero-order valence-corrected chi connectivity index (χ0v) is 19.0. The lowest BCUT2D eigenvalue weighted by molar-refractivity contribution is -0.118. The molecule has 2 N–H and O–H groups in total. The summed E-state index contributed by atoms with van der Waals surface area (Å²) in [7, 11) is 0. The molecule has 0 radical (unpaired) electrons. The van der Waals surface area contributed by atoms with Crippen LogP contribution in [-0.4, -0.2) is 34.2 Å². The van der Waals surface area contributed by atoms with E-state index in [4.69, 9.17) is 11.6 Å². The van der Waals surface area contributed by atoms with Crippen LogP contribution in [0.15, 0.2) is 46.8 Å². The number of rotatable bonds is 9. The Balaban J connectivity index is 1.51. The Hall–Kier alpha value is -2.42. The molecule has 30 heavy (non-hydrogen) atoms. The molecular formula is C21H21ClN4O2S2. The van der Waals surface area contributed by atoms with Gasteiger partial charge in [-0.15, -0.1) is 10.2 Å². The van der Waals surface area contributed by atoms with Crippen molar-refractivity contribution in [2.45, 2.75) is 24.6 Å². The van der Waals surface area contributed by atoms with Crippen molar-refractivity contribution in [3.05, 3.63) is 64.2 Å². The lowest BCUT2D eigenvalue weighted by Crippen LogP contribution is -2.22. The van der Waals surface area contributed by atoms with E-state index in [2.05, 4.69) is 20.8 Å². The first-order valence-corrected chi connectivity index (χ1v) is 11.5. The number of nitrogens with zero attached hydrogens (tertiary/aromatic N) is 2. The topological polar surface area (TPSA) is 84.0 Å². The maximum absolute atomic E-state index is 12.5. The average molecular weight is 461 g/mol. The molecule has 0 atom stereocenters. The Kier molecular flexibility index (Phi) is 7.84. The molecule has 0 spiro atoms. The Morgan fingerprint density at radius 3 is 2.63 bits per heavy atom. The smallest absolute Gasteiger partial charge is 0.216 e. The molecule has 0 aliphatic rings. The number of hydrogen-bond donors (Lipinski definition) is 2. The molecule has 0 bridgehead atoms. The SMILES string of the molecule is CC(=O)NCCc1ccc(C(=O)CSc2nnc(Nc3cccc(Cl)c3C)s2)cc1. The number of Topliss-reactive ketones (excluding diaryl/α,β-unsaturated/α-hetero) is 1. The van der Waals surface area contributed by atoms with Crippen LogP contribution in [0.1, 0.15) is 28.4 Å². The third kappa shape index (κ3) is 6.29. The second kappa shape index (κ2) is 10.6. The van der Waals surface area contributed by atoms with Gasteiger partial charge in [0.2, 0.25) is 11.0 Å². The Bertz CT molecular complexity index is 1040. The maximum Gasteiger partial charge on any atom is 0.216 e. The maximum atomic E-state index is 12.5. The van der Waals surface area contributed by atoms with Crippen LogP contribution in [0.3, 0.4) is 0 Å². The quantitative estimate of drug-likeness (QED) is 0.349. The number of nitrogens with one attached hydrogen (secondary N) is 2. The molecule has 156 valence electrons. The number of carbonyl (C=O) groups is 2. The third-order valence-electron chi connectivity index (χ3n) is 4.31. The molecule has 2 aromatic carbocycles. The summed E-state index contributed by atoms with van der Waals surface area (Å²) in [4.78, 5) is 23.4. The zero-order chi connectivity index (χ0) is 21.5. The first kappa shape index (κ1) is 22.3. The fourth-order valence-electron chi connectivity index (χ4n) is 2.63. The van der Waals surface area contributed by atoms with E-state index >= 15 is 0 Å².